The van der Waals surface area contributed by atoms with Crippen LogP contribution in [-0.4, -0.2) is 53.4 Å². The molecule has 1 saturated heterocycles. The monoisotopic (exact) mass is 474 g/mol. The van der Waals surface area contributed by atoms with Crippen molar-refractivity contribution < 1.29 is 13.2 Å². The molecule has 6 nitrogen and oxygen atoms in total. The summed E-state index contributed by atoms with van der Waals surface area (Å²) in [5, 5.41) is 9.64. The van der Waals surface area contributed by atoms with Crippen molar-refractivity contribution in [3.63, 3.8) is 0 Å². The predicted molar refractivity (Wildman–Crippen MR) is 102 cm³/mol. The molecular weight excluding hydrogens is 448 g/mol. The van der Waals surface area contributed by atoms with Gasteiger partial charge in [-0.3, -0.25) is 14.6 Å². The third-order valence-corrected chi connectivity index (χ3v) is 4.25. The third-order valence-electron chi connectivity index (χ3n) is 4.25. The van der Waals surface area contributed by atoms with Crippen molar-refractivity contribution in [2.24, 2.45) is 12.0 Å². The molecule has 0 saturated carbocycles. The fourth-order valence-corrected chi connectivity index (χ4v) is 3.06. The molecule has 1 aromatic rings. The van der Waals surface area contributed by atoms with Crippen LogP contribution in [0.5, 0.6) is 0 Å². The van der Waals surface area contributed by atoms with Crippen molar-refractivity contribution in [3.05, 3.63) is 17.5 Å². The molecule has 2 N–H and O–H groups in total. The van der Waals surface area contributed by atoms with Crippen LogP contribution in [0.3, 0.4) is 0 Å². The molecule has 2 heterocycles. The zero-order valence-corrected chi connectivity index (χ0v) is 17.1. The molecule has 0 radical (unpaired) electrons. The standard InChI is InChI=1S/C15H25F3N6.HI/c1-4-24-7-5-6-12(24)9-21-14(19-2)20-8-11-10-23(3)22-13(11)15(16,17)18;/h10,12H,4-9H2,1-3H3,(H2,19,20,21);1H. The van der Waals surface area contributed by atoms with Crippen LogP contribution < -0.4 is 10.6 Å². The Balaban J connectivity index is 0.00000312. The number of nitrogens with one attached hydrogen (secondary N) is 2. The van der Waals surface area contributed by atoms with E-state index in [0.29, 0.717) is 12.0 Å². The molecule has 10 heteroatoms. The minimum absolute atomic E-state index is 0. The van der Waals surface area contributed by atoms with Crippen LogP contribution in [0, 0.1) is 0 Å². The highest BCUT2D eigenvalue weighted by molar-refractivity contribution is 14.0. The Morgan fingerprint density at radius 3 is 2.72 bits per heavy atom. The summed E-state index contributed by atoms with van der Waals surface area (Å²) in [7, 11) is 3.08. The summed E-state index contributed by atoms with van der Waals surface area (Å²) >= 11 is 0. The Morgan fingerprint density at radius 1 is 1.40 bits per heavy atom. The fourth-order valence-electron chi connectivity index (χ4n) is 3.06. The van der Waals surface area contributed by atoms with Crippen LogP contribution in [0.1, 0.15) is 31.0 Å². The van der Waals surface area contributed by atoms with Gasteiger partial charge >= 0.3 is 6.18 Å². The van der Waals surface area contributed by atoms with Crippen molar-refractivity contribution in [1.29, 1.82) is 0 Å². The van der Waals surface area contributed by atoms with Crippen molar-refractivity contribution >= 4 is 29.9 Å². The van der Waals surface area contributed by atoms with E-state index >= 15 is 0 Å². The molecule has 0 bridgehead atoms. The highest BCUT2D eigenvalue weighted by Gasteiger charge is 2.36. The van der Waals surface area contributed by atoms with Crippen LogP contribution in [0.2, 0.25) is 0 Å². The van der Waals surface area contributed by atoms with Gasteiger partial charge in [-0.05, 0) is 25.9 Å². The van der Waals surface area contributed by atoms with Crippen LogP contribution in [0.25, 0.3) is 0 Å². The third kappa shape index (κ3) is 6.01. The first kappa shape index (κ1) is 22.0. The number of nitrogens with zero attached hydrogens (tertiary/aromatic N) is 4. The Kier molecular flexibility index (Phi) is 8.45. The number of guanidine groups is 1. The number of hydrogen-bond acceptors (Lipinski definition) is 3. The Bertz CT molecular complexity index is 572. The fraction of sp³-hybridized carbons (Fsp3) is 0.733. The van der Waals surface area contributed by atoms with Crippen LogP contribution in [0.4, 0.5) is 13.2 Å². The van der Waals surface area contributed by atoms with Crippen LogP contribution in [0.15, 0.2) is 11.2 Å². The van der Waals surface area contributed by atoms with Gasteiger partial charge in [0.1, 0.15) is 0 Å². The lowest BCUT2D eigenvalue weighted by Gasteiger charge is -2.24. The summed E-state index contributed by atoms with van der Waals surface area (Å²) in [5.41, 5.74) is -0.759. The molecule has 1 aliphatic heterocycles. The topological polar surface area (TPSA) is 57.5 Å². The number of halogens is 4. The zero-order valence-electron chi connectivity index (χ0n) is 14.7. The number of likely N-dealkylation sites (tertiary alicyclic amines) is 1. The molecule has 0 spiro atoms. The maximum Gasteiger partial charge on any atom is 0.435 e. The molecule has 2 rings (SSSR count). The molecule has 1 atom stereocenters. The van der Waals surface area contributed by atoms with Crippen molar-refractivity contribution in [3.8, 4) is 0 Å². The van der Waals surface area contributed by atoms with E-state index in [4.69, 9.17) is 0 Å². The highest BCUT2D eigenvalue weighted by Crippen LogP contribution is 2.30. The largest absolute Gasteiger partial charge is 0.435 e. The van der Waals surface area contributed by atoms with Crippen molar-refractivity contribution in [1.82, 2.24) is 25.3 Å². The van der Waals surface area contributed by atoms with Gasteiger partial charge in [-0.15, -0.1) is 24.0 Å². The zero-order chi connectivity index (χ0) is 17.7. The summed E-state index contributed by atoms with van der Waals surface area (Å²) in [6.45, 7) is 4.98. The van der Waals surface area contributed by atoms with Gasteiger partial charge in [0.05, 0.1) is 0 Å². The lowest BCUT2D eigenvalue weighted by molar-refractivity contribution is -0.142. The van der Waals surface area contributed by atoms with E-state index in [2.05, 4.69) is 32.5 Å². The second-order valence-electron chi connectivity index (χ2n) is 5.91. The highest BCUT2D eigenvalue weighted by atomic mass is 127. The number of aliphatic imine (C=N–C) groups is 1. The summed E-state index contributed by atoms with van der Waals surface area (Å²) in [4.78, 5) is 6.47. The van der Waals surface area contributed by atoms with Gasteiger partial charge in [0.2, 0.25) is 0 Å². The maximum atomic E-state index is 12.9. The van der Waals surface area contributed by atoms with Gasteiger partial charge in [0.25, 0.3) is 0 Å². The molecule has 0 aromatic carbocycles. The average Bonchev–Trinajstić information content (AvgIpc) is 3.13. The Hall–Kier alpha value is -1.04. The van der Waals surface area contributed by atoms with E-state index in [-0.39, 0.29) is 36.1 Å². The van der Waals surface area contributed by atoms with Crippen LogP contribution >= 0.6 is 24.0 Å². The quantitative estimate of drug-likeness (QED) is 0.391. The number of likely N-dealkylation sites (N-methyl/N-ethyl adjacent to an activating group) is 1. The molecule has 1 fully saturated rings. The second kappa shape index (κ2) is 9.60. The summed E-state index contributed by atoms with van der Waals surface area (Å²) < 4.78 is 40.0. The molecule has 144 valence electrons. The lowest BCUT2D eigenvalue weighted by atomic mass is 10.2. The molecule has 1 unspecified atom stereocenters. The molecule has 1 aliphatic rings. The van der Waals surface area contributed by atoms with Gasteiger partial charge in [0.15, 0.2) is 11.7 Å². The minimum Gasteiger partial charge on any atom is -0.355 e. The summed E-state index contributed by atoms with van der Waals surface area (Å²) in [5.74, 6) is 0.495. The van der Waals surface area contributed by atoms with Gasteiger partial charge in [-0.2, -0.15) is 18.3 Å². The molecule has 0 amide bonds. The average molecular weight is 474 g/mol. The Labute approximate surface area is 163 Å². The second-order valence-corrected chi connectivity index (χ2v) is 5.91. The van der Waals surface area contributed by atoms with E-state index in [1.807, 2.05) is 0 Å². The number of rotatable bonds is 5. The molecule has 25 heavy (non-hydrogen) atoms. The van der Waals surface area contributed by atoms with E-state index in [9.17, 15) is 13.2 Å². The van der Waals surface area contributed by atoms with E-state index in [0.717, 1.165) is 26.1 Å². The predicted octanol–water partition coefficient (Wildman–Crippen LogP) is 2.21. The normalized spacial score (nSPS) is 19.0. The summed E-state index contributed by atoms with van der Waals surface area (Å²) in [6.07, 6.45) is -0.783. The van der Waals surface area contributed by atoms with E-state index in [1.165, 1.54) is 24.3 Å². The minimum atomic E-state index is -4.46. The number of hydrogen-bond donors (Lipinski definition) is 2. The number of alkyl halides is 3. The van der Waals surface area contributed by atoms with E-state index in [1.54, 1.807) is 7.05 Å². The van der Waals surface area contributed by atoms with Gasteiger partial charge < -0.3 is 10.6 Å². The number of aromatic nitrogens is 2. The SMILES string of the molecule is CCN1CCCC1CNC(=NC)NCc1cn(C)nc1C(F)(F)F.I. The van der Waals surface area contributed by atoms with E-state index < -0.39 is 11.9 Å². The van der Waals surface area contributed by atoms with Gasteiger partial charge in [0, 0.05) is 45.0 Å². The molecule has 1 aromatic heterocycles. The maximum absolute atomic E-state index is 12.9. The van der Waals surface area contributed by atoms with Gasteiger partial charge in [-0.1, -0.05) is 6.92 Å². The van der Waals surface area contributed by atoms with Crippen molar-refractivity contribution in [2.45, 2.75) is 38.5 Å². The molecule has 0 aliphatic carbocycles. The first-order valence-electron chi connectivity index (χ1n) is 8.13. The lowest BCUT2D eigenvalue weighted by Crippen LogP contribution is -2.44. The summed E-state index contributed by atoms with van der Waals surface area (Å²) in [6, 6.07) is 0.442. The number of aryl methyl sites for hydroxylation is 1. The van der Waals surface area contributed by atoms with Gasteiger partial charge in [-0.25, -0.2) is 0 Å². The first-order chi connectivity index (χ1) is 11.3. The first-order valence-corrected chi connectivity index (χ1v) is 8.13. The molecular formula is C15H26F3IN6. The van der Waals surface area contributed by atoms with Crippen LogP contribution in [-0.2, 0) is 19.8 Å². The van der Waals surface area contributed by atoms with Crippen molar-refractivity contribution in [2.75, 3.05) is 26.7 Å². The Morgan fingerprint density at radius 2 is 2.12 bits per heavy atom. The smallest absolute Gasteiger partial charge is 0.355 e.